The topological polar surface area (TPSA) is 37.8 Å². The van der Waals surface area contributed by atoms with E-state index in [2.05, 4.69) is 15.3 Å². The molecule has 0 aliphatic rings. The number of pyridine rings is 2. The van der Waals surface area contributed by atoms with Gasteiger partial charge in [-0.25, -0.2) is 4.98 Å². The molecule has 0 saturated heterocycles. The van der Waals surface area contributed by atoms with Crippen molar-refractivity contribution in [2.24, 2.45) is 0 Å². The molecule has 2 aromatic rings. The zero-order chi connectivity index (χ0) is 14.6. The normalized spacial score (nSPS) is 11.4. The summed E-state index contributed by atoms with van der Waals surface area (Å²) in [6.45, 7) is 2.33. The average Bonchev–Trinajstić information content (AvgIpc) is 2.39. The summed E-state index contributed by atoms with van der Waals surface area (Å²) in [5.74, 6) is 0.242. The van der Waals surface area contributed by atoms with Crippen LogP contribution in [0.1, 0.15) is 23.7 Å². The average molecular weight is 281 g/mol. The van der Waals surface area contributed by atoms with E-state index in [1.54, 1.807) is 24.5 Å². The van der Waals surface area contributed by atoms with E-state index in [9.17, 15) is 13.2 Å². The number of rotatable bonds is 4. The summed E-state index contributed by atoms with van der Waals surface area (Å²) in [6.07, 6.45) is -0.826. The molecule has 0 bridgehead atoms. The second kappa shape index (κ2) is 5.90. The van der Waals surface area contributed by atoms with Crippen LogP contribution in [-0.2, 0) is 12.6 Å². The standard InChI is InChI=1S/C14H14F3N3/c1-2-19-13-9-11(14(15,16)17)8-12(20-13)7-10-3-5-18-6-4-10/h3-6,8-9H,2,7H2,1H3,(H,19,20). The SMILES string of the molecule is CCNc1cc(C(F)(F)F)cc(Cc2ccncc2)n1. The molecule has 2 heterocycles. The van der Waals surface area contributed by atoms with Crippen molar-refractivity contribution in [1.82, 2.24) is 9.97 Å². The fraction of sp³-hybridized carbons (Fsp3) is 0.286. The fourth-order valence-corrected chi connectivity index (χ4v) is 1.82. The maximum absolute atomic E-state index is 12.9. The van der Waals surface area contributed by atoms with Gasteiger partial charge in [-0.3, -0.25) is 4.98 Å². The Kier molecular flexibility index (Phi) is 4.22. The largest absolute Gasteiger partial charge is 0.416 e. The minimum Gasteiger partial charge on any atom is -0.370 e. The zero-order valence-corrected chi connectivity index (χ0v) is 10.9. The van der Waals surface area contributed by atoms with E-state index in [4.69, 9.17) is 0 Å². The summed E-state index contributed by atoms with van der Waals surface area (Å²) in [5, 5.41) is 2.82. The van der Waals surface area contributed by atoms with E-state index in [1.165, 1.54) is 0 Å². The molecule has 106 valence electrons. The van der Waals surface area contributed by atoms with Crippen LogP contribution in [0.2, 0.25) is 0 Å². The smallest absolute Gasteiger partial charge is 0.370 e. The third kappa shape index (κ3) is 3.69. The van der Waals surface area contributed by atoms with Crippen LogP contribution in [0, 0.1) is 0 Å². The fourth-order valence-electron chi connectivity index (χ4n) is 1.82. The summed E-state index contributed by atoms with van der Waals surface area (Å²) in [7, 11) is 0. The lowest BCUT2D eigenvalue weighted by Crippen LogP contribution is -2.10. The number of halogens is 3. The van der Waals surface area contributed by atoms with Crippen molar-refractivity contribution in [1.29, 1.82) is 0 Å². The predicted octanol–water partition coefficient (Wildman–Crippen LogP) is 3.52. The molecule has 20 heavy (non-hydrogen) atoms. The van der Waals surface area contributed by atoms with Crippen LogP contribution in [0.5, 0.6) is 0 Å². The summed E-state index contributed by atoms with van der Waals surface area (Å²) in [4.78, 5) is 8.08. The maximum Gasteiger partial charge on any atom is 0.416 e. The second-order valence-corrected chi connectivity index (χ2v) is 4.29. The lowest BCUT2D eigenvalue weighted by molar-refractivity contribution is -0.137. The highest BCUT2D eigenvalue weighted by molar-refractivity contribution is 5.41. The Balaban J connectivity index is 2.34. The van der Waals surface area contributed by atoms with Crippen LogP contribution >= 0.6 is 0 Å². The Bertz CT molecular complexity index is 568. The Morgan fingerprint density at radius 2 is 1.85 bits per heavy atom. The quantitative estimate of drug-likeness (QED) is 0.931. The van der Waals surface area contributed by atoms with Gasteiger partial charge < -0.3 is 5.32 Å². The minimum absolute atomic E-state index is 0.242. The van der Waals surface area contributed by atoms with E-state index < -0.39 is 11.7 Å². The lowest BCUT2D eigenvalue weighted by Gasteiger charge is -2.12. The van der Waals surface area contributed by atoms with Gasteiger partial charge in [0.05, 0.1) is 5.56 Å². The number of nitrogens with one attached hydrogen (secondary N) is 1. The molecule has 3 nitrogen and oxygen atoms in total. The van der Waals surface area contributed by atoms with Gasteiger partial charge in [0.15, 0.2) is 0 Å². The van der Waals surface area contributed by atoms with Gasteiger partial charge in [-0.1, -0.05) is 0 Å². The molecule has 0 spiro atoms. The van der Waals surface area contributed by atoms with Gasteiger partial charge in [0.1, 0.15) is 5.82 Å². The molecule has 0 aliphatic carbocycles. The number of alkyl halides is 3. The summed E-state index contributed by atoms with van der Waals surface area (Å²) in [6, 6.07) is 5.63. The molecule has 1 N–H and O–H groups in total. The first-order valence-electron chi connectivity index (χ1n) is 6.20. The van der Waals surface area contributed by atoms with Crippen LogP contribution in [0.15, 0.2) is 36.7 Å². The molecular weight excluding hydrogens is 267 g/mol. The molecule has 0 fully saturated rings. The molecule has 0 aliphatic heterocycles. The lowest BCUT2D eigenvalue weighted by atomic mass is 10.1. The highest BCUT2D eigenvalue weighted by Crippen LogP contribution is 2.31. The van der Waals surface area contributed by atoms with Gasteiger partial charge in [0, 0.05) is 31.1 Å². The van der Waals surface area contributed by atoms with Gasteiger partial charge in [0.2, 0.25) is 0 Å². The number of hydrogen-bond donors (Lipinski definition) is 1. The molecule has 0 saturated carbocycles. The van der Waals surface area contributed by atoms with E-state index in [-0.39, 0.29) is 5.82 Å². The van der Waals surface area contributed by atoms with Crippen molar-refractivity contribution in [2.75, 3.05) is 11.9 Å². The Labute approximate surface area is 114 Å². The number of aromatic nitrogens is 2. The highest BCUT2D eigenvalue weighted by Gasteiger charge is 2.31. The minimum atomic E-state index is -4.37. The monoisotopic (exact) mass is 281 g/mol. The van der Waals surface area contributed by atoms with E-state index in [0.717, 1.165) is 17.7 Å². The summed E-state index contributed by atoms with van der Waals surface area (Å²) in [5.41, 5.74) is 0.559. The molecule has 0 radical (unpaired) electrons. The Hall–Kier alpha value is -2.11. The third-order valence-corrected chi connectivity index (χ3v) is 2.70. The first-order valence-corrected chi connectivity index (χ1v) is 6.20. The van der Waals surface area contributed by atoms with Crippen molar-refractivity contribution in [3.05, 3.63) is 53.5 Å². The van der Waals surface area contributed by atoms with Gasteiger partial charge >= 0.3 is 6.18 Å². The van der Waals surface area contributed by atoms with Gasteiger partial charge in [-0.2, -0.15) is 13.2 Å². The van der Waals surface area contributed by atoms with E-state index in [1.807, 2.05) is 6.92 Å². The van der Waals surface area contributed by atoms with Gasteiger partial charge in [-0.05, 0) is 36.8 Å². The number of nitrogens with zero attached hydrogens (tertiary/aromatic N) is 2. The van der Waals surface area contributed by atoms with E-state index >= 15 is 0 Å². The summed E-state index contributed by atoms with van der Waals surface area (Å²) < 4.78 is 38.6. The highest BCUT2D eigenvalue weighted by atomic mass is 19.4. The number of anilines is 1. The zero-order valence-electron chi connectivity index (χ0n) is 10.9. The predicted molar refractivity (Wildman–Crippen MR) is 70.4 cm³/mol. The first kappa shape index (κ1) is 14.3. The van der Waals surface area contributed by atoms with Crippen LogP contribution in [-0.4, -0.2) is 16.5 Å². The maximum atomic E-state index is 12.9. The van der Waals surface area contributed by atoms with Crippen molar-refractivity contribution in [3.8, 4) is 0 Å². The molecule has 0 unspecified atom stereocenters. The van der Waals surface area contributed by atoms with Crippen LogP contribution in [0.25, 0.3) is 0 Å². The molecular formula is C14H14F3N3. The Morgan fingerprint density at radius 1 is 1.15 bits per heavy atom. The van der Waals surface area contributed by atoms with Crippen molar-refractivity contribution in [2.45, 2.75) is 19.5 Å². The van der Waals surface area contributed by atoms with Gasteiger partial charge in [0.25, 0.3) is 0 Å². The molecule has 2 rings (SSSR count). The number of hydrogen-bond acceptors (Lipinski definition) is 3. The molecule has 6 heteroatoms. The van der Waals surface area contributed by atoms with Crippen molar-refractivity contribution in [3.63, 3.8) is 0 Å². The van der Waals surface area contributed by atoms with Crippen LogP contribution < -0.4 is 5.32 Å². The molecule has 2 aromatic heterocycles. The molecule has 0 amide bonds. The van der Waals surface area contributed by atoms with Crippen LogP contribution in [0.3, 0.4) is 0 Å². The van der Waals surface area contributed by atoms with Crippen molar-refractivity contribution >= 4 is 5.82 Å². The van der Waals surface area contributed by atoms with E-state index in [0.29, 0.717) is 18.7 Å². The van der Waals surface area contributed by atoms with Crippen molar-refractivity contribution < 1.29 is 13.2 Å². The summed E-state index contributed by atoms with van der Waals surface area (Å²) >= 11 is 0. The Morgan fingerprint density at radius 3 is 2.45 bits per heavy atom. The second-order valence-electron chi connectivity index (χ2n) is 4.29. The molecule has 0 aromatic carbocycles. The molecule has 0 atom stereocenters. The third-order valence-electron chi connectivity index (χ3n) is 2.70. The van der Waals surface area contributed by atoms with Crippen LogP contribution in [0.4, 0.5) is 19.0 Å². The first-order chi connectivity index (χ1) is 9.49. The van der Waals surface area contributed by atoms with Gasteiger partial charge in [-0.15, -0.1) is 0 Å².